The molecule has 0 atom stereocenters. The fourth-order valence-electron chi connectivity index (χ4n) is 2.80. The zero-order valence-corrected chi connectivity index (χ0v) is 12.6. The Morgan fingerprint density at radius 3 is 2.29 bits per heavy atom. The van der Waals surface area contributed by atoms with E-state index in [2.05, 4.69) is 48.5 Å². The van der Waals surface area contributed by atoms with Crippen molar-refractivity contribution in [2.45, 2.75) is 19.6 Å². The Bertz CT molecular complexity index is 1000. The van der Waals surface area contributed by atoms with Crippen molar-refractivity contribution in [3.05, 3.63) is 60.7 Å². The van der Waals surface area contributed by atoms with Gasteiger partial charge >= 0.3 is 0 Å². The normalized spacial score (nSPS) is 13.3. The maximum atomic E-state index is 5.98. The van der Waals surface area contributed by atoms with Gasteiger partial charge in [0.15, 0.2) is 0 Å². The molecular weight excluding hydrogens is 296 g/mol. The van der Waals surface area contributed by atoms with Gasteiger partial charge in [-0.05, 0) is 30.3 Å². The number of rotatable bonds is 0. The first-order chi connectivity index (χ1) is 10.4. The van der Waals surface area contributed by atoms with Gasteiger partial charge in [-0.15, -0.1) is 0 Å². The molecule has 0 fully saturated rings. The van der Waals surface area contributed by atoms with Gasteiger partial charge < -0.3 is 4.42 Å². The highest BCUT2D eigenvalue weighted by molar-refractivity contribution is 8.05. The third-order valence-electron chi connectivity index (χ3n) is 3.74. The van der Waals surface area contributed by atoms with Crippen LogP contribution in [0.15, 0.2) is 84.7 Å². The Labute approximate surface area is 130 Å². The molecule has 0 saturated carbocycles. The van der Waals surface area contributed by atoms with Crippen LogP contribution in [-0.4, -0.2) is 0 Å². The predicted octanol–water partition coefficient (Wildman–Crippen LogP) is 6.20. The van der Waals surface area contributed by atoms with Gasteiger partial charge in [0.2, 0.25) is 0 Å². The summed E-state index contributed by atoms with van der Waals surface area (Å²) in [5.74, 6) is 0. The maximum Gasteiger partial charge on any atom is 0.136 e. The minimum absolute atomic E-state index is 0.963. The van der Waals surface area contributed by atoms with E-state index >= 15 is 0 Å². The van der Waals surface area contributed by atoms with Crippen molar-refractivity contribution in [2.75, 3.05) is 0 Å². The van der Waals surface area contributed by atoms with Crippen molar-refractivity contribution < 1.29 is 4.42 Å². The quantitative estimate of drug-likeness (QED) is 0.338. The van der Waals surface area contributed by atoms with E-state index < -0.39 is 0 Å². The van der Waals surface area contributed by atoms with Crippen LogP contribution in [0.5, 0.6) is 0 Å². The lowest BCUT2D eigenvalue weighted by Crippen LogP contribution is -1.89. The molecule has 0 bridgehead atoms. The van der Waals surface area contributed by atoms with Crippen LogP contribution in [0.2, 0.25) is 0 Å². The molecule has 0 unspecified atom stereocenters. The largest absolute Gasteiger partial charge is 0.456 e. The van der Waals surface area contributed by atoms with E-state index in [9.17, 15) is 0 Å². The van der Waals surface area contributed by atoms with Crippen LogP contribution in [0.4, 0.5) is 0 Å². The summed E-state index contributed by atoms with van der Waals surface area (Å²) < 4.78 is 5.98. The first kappa shape index (κ1) is 11.8. The van der Waals surface area contributed by atoms with Crippen LogP contribution in [0.3, 0.4) is 0 Å². The van der Waals surface area contributed by atoms with Crippen LogP contribution < -0.4 is 0 Å². The van der Waals surface area contributed by atoms with Crippen molar-refractivity contribution in [1.29, 1.82) is 0 Å². The molecule has 3 aromatic carbocycles. The molecule has 0 radical (unpaired) electrons. The zero-order chi connectivity index (χ0) is 13.8. The van der Waals surface area contributed by atoms with Gasteiger partial charge in [0.1, 0.15) is 11.2 Å². The molecule has 4 aromatic rings. The van der Waals surface area contributed by atoms with Crippen molar-refractivity contribution in [3.8, 4) is 0 Å². The van der Waals surface area contributed by atoms with Crippen molar-refractivity contribution in [1.82, 2.24) is 0 Å². The lowest BCUT2D eigenvalue weighted by Gasteiger charge is -2.18. The number of hydrogen-bond acceptors (Lipinski definition) is 3. The van der Waals surface area contributed by atoms with E-state index in [-0.39, 0.29) is 0 Å². The second-order valence-electron chi connectivity index (χ2n) is 5.02. The highest BCUT2D eigenvalue weighted by atomic mass is 32.2. The SMILES string of the molecule is c1ccc2c(c1)Sc1ccc3oc4ccccc4c3c1S2. The van der Waals surface area contributed by atoms with Crippen LogP contribution in [0, 0.1) is 0 Å². The Hall–Kier alpha value is -1.84. The highest BCUT2D eigenvalue weighted by Crippen LogP contribution is 2.52. The van der Waals surface area contributed by atoms with Gasteiger partial charge in [0, 0.05) is 30.4 Å². The van der Waals surface area contributed by atoms with Crippen LogP contribution in [0.25, 0.3) is 21.9 Å². The lowest BCUT2D eigenvalue weighted by molar-refractivity contribution is 0.668. The smallest absolute Gasteiger partial charge is 0.136 e. The van der Waals surface area contributed by atoms with E-state index in [1.165, 1.54) is 30.4 Å². The van der Waals surface area contributed by atoms with Crippen molar-refractivity contribution in [2.24, 2.45) is 0 Å². The number of fused-ring (bicyclic) bond motifs is 6. The Morgan fingerprint density at radius 2 is 1.38 bits per heavy atom. The highest BCUT2D eigenvalue weighted by Gasteiger charge is 2.21. The van der Waals surface area contributed by atoms with E-state index in [1.807, 2.05) is 35.7 Å². The molecule has 5 rings (SSSR count). The molecule has 21 heavy (non-hydrogen) atoms. The maximum absolute atomic E-state index is 5.98. The first-order valence-electron chi connectivity index (χ1n) is 6.79. The number of benzene rings is 3. The van der Waals surface area contributed by atoms with Crippen LogP contribution in [-0.2, 0) is 0 Å². The summed E-state index contributed by atoms with van der Waals surface area (Å²) in [5, 5.41) is 2.45. The molecular formula is C18H10OS2. The number of para-hydroxylation sites is 1. The molecule has 0 saturated heterocycles. The summed E-state index contributed by atoms with van der Waals surface area (Å²) in [6.07, 6.45) is 0. The van der Waals surface area contributed by atoms with Gasteiger partial charge in [0.25, 0.3) is 0 Å². The van der Waals surface area contributed by atoms with Gasteiger partial charge in [-0.2, -0.15) is 0 Å². The number of furan rings is 1. The minimum Gasteiger partial charge on any atom is -0.456 e. The Morgan fingerprint density at radius 1 is 0.619 bits per heavy atom. The van der Waals surface area contributed by atoms with Gasteiger partial charge in [0.05, 0.1) is 0 Å². The second-order valence-corrected chi connectivity index (χ2v) is 7.15. The summed E-state index contributed by atoms with van der Waals surface area (Å²) >= 11 is 3.70. The van der Waals surface area contributed by atoms with Crippen LogP contribution >= 0.6 is 23.5 Å². The Kier molecular flexibility index (Phi) is 2.43. The van der Waals surface area contributed by atoms with Crippen LogP contribution in [0.1, 0.15) is 0 Å². The standard InChI is InChI=1S/C18H10OS2/c1-2-6-12-11(5-1)17-13(19-12)9-10-16-18(17)21-15-8-4-3-7-14(15)20-16/h1-10H. The summed E-state index contributed by atoms with van der Waals surface area (Å²) in [5.41, 5.74) is 1.94. The zero-order valence-electron chi connectivity index (χ0n) is 11.0. The lowest BCUT2D eigenvalue weighted by atomic mass is 10.1. The molecule has 100 valence electrons. The van der Waals surface area contributed by atoms with E-state index in [1.54, 1.807) is 0 Å². The van der Waals surface area contributed by atoms with Crippen molar-refractivity contribution in [3.63, 3.8) is 0 Å². The van der Waals surface area contributed by atoms with Gasteiger partial charge in [-0.3, -0.25) is 0 Å². The van der Waals surface area contributed by atoms with E-state index in [4.69, 9.17) is 4.42 Å². The van der Waals surface area contributed by atoms with E-state index in [0.717, 1.165) is 11.2 Å². The minimum atomic E-state index is 0.963. The third kappa shape index (κ3) is 1.68. The average Bonchev–Trinajstić information content (AvgIpc) is 2.92. The summed E-state index contributed by atoms with van der Waals surface area (Å²) in [7, 11) is 0. The topological polar surface area (TPSA) is 13.1 Å². The molecule has 0 N–H and O–H groups in total. The Balaban J connectivity index is 1.86. The summed E-state index contributed by atoms with van der Waals surface area (Å²) in [6, 6.07) is 21.1. The summed E-state index contributed by atoms with van der Waals surface area (Å²) in [6.45, 7) is 0. The molecule has 3 heteroatoms. The summed E-state index contributed by atoms with van der Waals surface area (Å²) in [4.78, 5) is 5.30. The second kappa shape index (κ2) is 4.33. The molecule has 2 heterocycles. The molecule has 1 aromatic heterocycles. The first-order valence-corrected chi connectivity index (χ1v) is 8.42. The fourth-order valence-corrected chi connectivity index (χ4v) is 5.19. The van der Waals surface area contributed by atoms with Gasteiger partial charge in [-0.1, -0.05) is 53.9 Å². The van der Waals surface area contributed by atoms with Crippen molar-refractivity contribution >= 4 is 45.5 Å². The molecule has 0 aliphatic carbocycles. The molecule has 1 nitrogen and oxygen atoms in total. The fraction of sp³-hybridized carbons (Fsp3) is 0. The molecule has 0 amide bonds. The third-order valence-corrected chi connectivity index (χ3v) is 6.34. The number of hydrogen-bond donors (Lipinski definition) is 0. The van der Waals surface area contributed by atoms with E-state index in [0.29, 0.717) is 0 Å². The molecule has 1 aliphatic rings. The average molecular weight is 306 g/mol. The van der Waals surface area contributed by atoms with Gasteiger partial charge in [-0.25, -0.2) is 0 Å². The molecule has 0 spiro atoms. The predicted molar refractivity (Wildman–Crippen MR) is 88.4 cm³/mol. The monoisotopic (exact) mass is 306 g/mol. The molecule has 1 aliphatic heterocycles.